The zero-order valence-corrected chi connectivity index (χ0v) is 6.10. The third kappa shape index (κ3) is 0.808. The summed E-state index contributed by atoms with van der Waals surface area (Å²) in [5.41, 5.74) is 0.400. The van der Waals surface area contributed by atoms with Crippen LogP contribution in [0.15, 0.2) is 12.2 Å². The van der Waals surface area contributed by atoms with Crippen molar-refractivity contribution in [2.24, 2.45) is 5.41 Å². The van der Waals surface area contributed by atoms with E-state index in [1.807, 2.05) is 0 Å². The molecule has 0 unspecified atom stereocenters. The molecule has 1 spiro atoms. The fourth-order valence-electron chi connectivity index (χ4n) is 2.10. The predicted octanol–water partition coefficient (Wildman–Crippen LogP) is 2.08. The highest BCUT2D eigenvalue weighted by atomic mass is 16.1. The molecule has 1 saturated carbocycles. The van der Waals surface area contributed by atoms with Gasteiger partial charge in [-0.05, 0) is 24.7 Å². The first-order chi connectivity index (χ1) is 4.81. The van der Waals surface area contributed by atoms with Crippen molar-refractivity contribution in [1.29, 1.82) is 0 Å². The maximum absolute atomic E-state index is 11.0. The molecule has 0 radical (unpaired) electrons. The highest BCUT2D eigenvalue weighted by Crippen LogP contribution is 2.45. The van der Waals surface area contributed by atoms with E-state index in [0.29, 0.717) is 11.2 Å². The minimum absolute atomic E-state index is 0.400. The normalized spacial score (nSPS) is 28.6. The van der Waals surface area contributed by atoms with E-state index in [4.69, 9.17) is 0 Å². The Hall–Kier alpha value is -0.590. The van der Waals surface area contributed by atoms with Crippen LogP contribution in [0.3, 0.4) is 0 Å². The van der Waals surface area contributed by atoms with Crippen LogP contribution in [-0.4, -0.2) is 5.78 Å². The Morgan fingerprint density at radius 3 is 2.50 bits per heavy atom. The highest BCUT2D eigenvalue weighted by molar-refractivity contribution is 5.81. The van der Waals surface area contributed by atoms with Crippen LogP contribution in [0.1, 0.15) is 32.1 Å². The third-order valence-corrected chi connectivity index (χ3v) is 2.77. The van der Waals surface area contributed by atoms with Gasteiger partial charge in [-0.3, -0.25) is 4.79 Å². The summed E-state index contributed by atoms with van der Waals surface area (Å²) in [5.74, 6) is 0.476. The van der Waals surface area contributed by atoms with Gasteiger partial charge >= 0.3 is 0 Å². The quantitative estimate of drug-likeness (QED) is 0.466. The van der Waals surface area contributed by atoms with E-state index < -0.39 is 0 Å². The summed E-state index contributed by atoms with van der Waals surface area (Å²) in [6, 6.07) is 0. The van der Waals surface area contributed by atoms with Crippen LogP contribution in [0.25, 0.3) is 0 Å². The monoisotopic (exact) mass is 136 g/mol. The lowest BCUT2D eigenvalue weighted by molar-refractivity contribution is -0.118. The molecule has 2 aliphatic rings. The molecule has 0 heterocycles. The van der Waals surface area contributed by atoms with Crippen LogP contribution in [-0.2, 0) is 4.79 Å². The van der Waals surface area contributed by atoms with Gasteiger partial charge in [0.1, 0.15) is 5.78 Å². The molecule has 54 valence electrons. The predicted molar refractivity (Wildman–Crippen MR) is 39.7 cm³/mol. The Bertz CT molecular complexity index is 183. The van der Waals surface area contributed by atoms with Gasteiger partial charge in [-0.1, -0.05) is 12.2 Å². The minimum atomic E-state index is 0.400. The summed E-state index contributed by atoms with van der Waals surface area (Å²) in [6.45, 7) is 0. The standard InChI is InChI=1S/C9H12O/c10-8-3-6-9(7-8)4-1-2-5-9/h1-2H,3-7H2. The van der Waals surface area contributed by atoms with E-state index in [-0.39, 0.29) is 0 Å². The lowest BCUT2D eigenvalue weighted by atomic mass is 9.84. The molecule has 1 heteroatoms. The average Bonchev–Trinajstić information content (AvgIpc) is 2.46. The molecule has 0 atom stereocenters. The van der Waals surface area contributed by atoms with Crippen molar-refractivity contribution < 1.29 is 4.79 Å². The van der Waals surface area contributed by atoms with E-state index in [0.717, 1.165) is 32.1 Å². The van der Waals surface area contributed by atoms with E-state index in [9.17, 15) is 4.79 Å². The largest absolute Gasteiger partial charge is 0.300 e. The summed E-state index contributed by atoms with van der Waals surface area (Å²) in [7, 11) is 0. The summed E-state index contributed by atoms with van der Waals surface area (Å²) in [5, 5.41) is 0. The van der Waals surface area contributed by atoms with Gasteiger partial charge in [0, 0.05) is 12.8 Å². The third-order valence-electron chi connectivity index (χ3n) is 2.77. The van der Waals surface area contributed by atoms with Crippen LogP contribution >= 0.6 is 0 Å². The number of ketones is 1. The van der Waals surface area contributed by atoms with Gasteiger partial charge in [0.05, 0.1) is 0 Å². The molecule has 0 bridgehead atoms. The second-order valence-electron chi connectivity index (χ2n) is 3.60. The van der Waals surface area contributed by atoms with Crippen molar-refractivity contribution in [3.63, 3.8) is 0 Å². The average molecular weight is 136 g/mol. The second kappa shape index (κ2) is 1.94. The Kier molecular flexibility index (Phi) is 1.19. The first-order valence-electron chi connectivity index (χ1n) is 3.98. The minimum Gasteiger partial charge on any atom is -0.300 e. The molecule has 0 N–H and O–H groups in total. The lowest BCUT2D eigenvalue weighted by Gasteiger charge is -2.19. The molecule has 1 fully saturated rings. The van der Waals surface area contributed by atoms with Crippen LogP contribution in [0.4, 0.5) is 0 Å². The van der Waals surface area contributed by atoms with Gasteiger partial charge < -0.3 is 0 Å². The summed E-state index contributed by atoms with van der Waals surface area (Å²) < 4.78 is 0. The second-order valence-corrected chi connectivity index (χ2v) is 3.60. The van der Waals surface area contributed by atoms with E-state index >= 15 is 0 Å². The Morgan fingerprint density at radius 1 is 1.30 bits per heavy atom. The topological polar surface area (TPSA) is 17.1 Å². The van der Waals surface area contributed by atoms with E-state index in [2.05, 4.69) is 12.2 Å². The van der Waals surface area contributed by atoms with Crippen LogP contribution in [0.2, 0.25) is 0 Å². The molecule has 0 aliphatic heterocycles. The molecule has 0 aromatic carbocycles. The van der Waals surface area contributed by atoms with Crippen molar-refractivity contribution in [2.75, 3.05) is 0 Å². The molecule has 0 aromatic rings. The van der Waals surface area contributed by atoms with Gasteiger partial charge in [-0.2, -0.15) is 0 Å². The highest BCUT2D eigenvalue weighted by Gasteiger charge is 2.38. The molecular formula is C9H12O. The van der Waals surface area contributed by atoms with Gasteiger partial charge in [-0.25, -0.2) is 0 Å². The van der Waals surface area contributed by atoms with Crippen molar-refractivity contribution >= 4 is 5.78 Å². The summed E-state index contributed by atoms with van der Waals surface area (Å²) >= 11 is 0. The molecule has 2 aliphatic carbocycles. The maximum Gasteiger partial charge on any atom is 0.133 e. The zero-order chi connectivity index (χ0) is 7.03. The number of Topliss-reactive ketones (excluding diaryl/α,β-unsaturated/α-hetero) is 1. The van der Waals surface area contributed by atoms with Gasteiger partial charge in [-0.15, -0.1) is 0 Å². The number of rotatable bonds is 0. The van der Waals surface area contributed by atoms with Crippen molar-refractivity contribution in [2.45, 2.75) is 32.1 Å². The van der Waals surface area contributed by atoms with Crippen LogP contribution in [0, 0.1) is 5.41 Å². The first-order valence-corrected chi connectivity index (χ1v) is 3.98. The van der Waals surface area contributed by atoms with Gasteiger partial charge in [0.25, 0.3) is 0 Å². The number of hydrogen-bond acceptors (Lipinski definition) is 1. The first kappa shape index (κ1) is 6.14. The number of carbonyl (C=O) groups excluding carboxylic acids is 1. The lowest BCUT2D eigenvalue weighted by Crippen LogP contribution is -2.11. The zero-order valence-electron chi connectivity index (χ0n) is 6.10. The van der Waals surface area contributed by atoms with Crippen molar-refractivity contribution in [3.8, 4) is 0 Å². The Labute approximate surface area is 61.1 Å². The molecule has 2 rings (SSSR count). The molecule has 1 nitrogen and oxygen atoms in total. The van der Waals surface area contributed by atoms with Gasteiger partial charge in [0.15, 0.2) is 0 Å². The maximum atomic E-state index is 11.0. The van der Waals surface area contributed by atoms with Crippen molar-refractivity contribution in [3.05, 3.63) is 12.2 Å². The Balaban J connectivity index is 2.11. The number of carbonyl (C=O) groups is 1. The molecule has 0 aromatic heterocycles. The van der Waals surface area contributed by atoms with Crippen LogP contribution in [0.5, 0.6) is 0 Å². The van der Waals surface area contributed by atoms with Crippen LogP contribution < -0.4 is 0 Å². The molecule has 0 amide bonds. The SMILES string of the molecule is O=C1CCC2(CC=CC2)C1. The Morgan fingerprint density at radius 2 is 2.00 bits per heavy atom. The fraction of sp³-hybridized carbons (Fsp3) is 0.667. The van der Waals surface area contributed by atoms with Crippen molar-refractivity contribution in [1.82, 2.24) is 0 Å². The summed E-state index contributed by atoms with van der Waals surface area (Å²) in [4.78, 5) is 11.0. The molecule has 0 saturated heterocycles. The number of allylic oxidation sites excluding steroid dienone is 2. The fourth-order valence-corrected chi connectivity index (χ4v) is 2.10. The molecule has 10 heavy (non-hydrogen) atoms. The smallest absolute Gasteiger partial charge is 0.133 e. The number of hydrogen-bond donors (Lipinski definition) is 0. The van der Waals surface area contributed by atoms with E-state index in [1.54, 1.807) is 0 Å². The summed E-state index contributed by atoms with van der Waals surface area (Å²) in [6.07, 6.45) is 9.56. The van der Waals surface area contributed by atoms with Gasteiger partial charge in [0.2, 0.25) is 0 Å². The molecular weight excluding hydrogens is 124 g/mol. The van der Waals surface area contributed by atoms with E-state index in [1.165, 1.54) is 0 Å².